The Morgan fingerprint density at radius 1 is 1.17 bits per heavy atom. The van der Waals surface area contributed by atoms with Crippen LogP contribution < -0.4 is 11.1 Å². The van der Waals surface area contributed by atoms with Gasteiger partial charge in [0, 0.05) is 11.7 Å². The lowest BCUT2D eigenvalue weighted by Crippen LogP contribution is -2.38. The summed E-state index contributed by atoms with van der Waals surface area (Å²) in [5.74, 6) is 0. The summed E-state index contributed by atoms with van der Waals surface area (Å²) in [7, 11) is 0. The summed E-state index contributed by atoms with van der Waals surface area (Å²) in [4.78, 5) is 9.60. The SMILES string of the molecule is CC(C)(C)OC=O.CC1(C)NC(CCc2ccc(-c3ccccc3)cc2N)CO1. The quantitative estimate of drug-likeness (QED) is 0.571. The first-order chi connectivity index (χ1) is 13.6. The maximum absolute atomic E-state index is 9.60. The summed E-state index contributed by atoms with van der Waals surface area (Å²) < 4.78 is 10.3. The van der Waals surface area contributed by atoms with Crippen LogP contribution in [0.5, 0.6) is 0 Å². The number of nitrogens with two attached hydrogens (primary N) is 1. The highest BCUT2D eigenvalue weighted by molar-refractivity contribution is 5.68. The maximum Gasteiger partial charge on any atom is 0.293 e. The first-order valence-corrected chi connectivity index (χ1v) is 10.1. The highest BCUT2D eigenvalue weighted by Crippen LogP contribution is 2.25. The molecule has 1 aliphatic rings. The van der Waals surface area contributed by atoms with Crippen molar-refractivity contribution in [3.8, 4) is 11.1 Å². The molecule has 158 valence electrons. The molecule has 0 spiro atoms. The van der Waals surface area contributed by atoms with E-state index >= 15 is 0 Å². The van der Waals surface area contributed by atoms with Crippen LogP contribution in [0.1, 0.15) is 46.6 Å². The van der Waals surface area contributed by atoms with Crippen LogP contribution in [0.4, 0.5) is 5.69 Å². The Labute approximate surface area is 174 Å². The molecule has 0 bridgehead atoms. The van der Waals surface area contributed by atoms with Crippen molar-refractivity contribution >= 4 is 12.2 Å². The molecule has 3 N–H and O–H groups in total. The third-order valence-corrected chi connectivity index (χ3v) is 4.61. The first kappa shape index (κ1) is 22.9. The maximum atomic E-state index is 9.60. The molecule has 1 unspecified atom stereocenters. The van der Waals surface area contributed by atoms with Crippen LogP contribution in [0, 0.1) is 0 Å². The monoisotopic (exact) mass is 398 g/mol. The van der Waals surface area contributed by atoms with Crippen molar-refractivity contribution < 1.29 is 14.3 Å². The second-order valence-electron chi connectivity index (χ2n) is 8.81. The van der Waals surface area contributed by atoms with Crippen LogP contribution in [-0.2, 0) is 20.7 Å². The van der Waals surface area contributed by atoms with E-state index < -0.39 is 0 Å². The number of nitrogen functional groups attached to an aromatic ring is 1. The van der Waals surface area contributed by atoms with Crippen LogP contribution in [0.3, 0.4) is 0 Å². The van der Waals surface area contributed by atoms with Gasteiger partial charge in [-0.3, -0.25) is 10.1 Å². The van der Waals surface area contributed by atoms with Crippen LogP contribution in [0.2, 0.25) is 0 Å². The molecule has 2 aromatic rings. The average molecular weight is 399 g/mol. The Balaban J connectivity index is 0.000000370. The van der Waals surface area contributed by atoms with E-state index in [1.165, 1.54) is 16.7 Å². The number of hydrogen-bond donors (Lipinski definition) is 2. The van der Waals surface area contributed by atoms with Crippen molar-refractivity contribution in [1.29, 1.82) is 0 Å². The van der Waals surface area contributed by atoms with Gasteiger partial charge in [-0.2, -0.15) is 0 Å². The van der Waals surface area contributed by atoms with Gasteiger partial charge in [-0.1, -0.05) is 42.5 Å². The fraction of sp³-hybridized carbons (Fsp3) is 0.458. The molecular weight excluding hydrogens is 364 g/mol. The van der Waals surface area contributed by atoms with Crippen molar-refractivity contribution in [3.63, 3.8) is 0 Å². The Hall–Kier alpha value is -2.37. The highest BCUT2D eigenvalue weighted by Gasteiger charge is 2.30. The number of aryl methyl sites for hydroxylation is 1. The zero-order valence-corrected chi connectivity index (χ0v) is 18.2. The van der Waals surface area contributed by atoms with Gasteiger partial charge in [0.25, 0.3) is 6.47 Å². The van der Waals surface area contributed by atoms with Gasteiger partial charge in [0.2, 0.25) is 0 Å². The second kappa shape index (κ2) is 9.90. The van der Waals surface area contributed by atoms with Gasteiger partial charge in [-0.25, -0.2) is 0 Å². The summed E-state index contributed by atoms with van der Waals surface area (Å²) in [6, 6.07) is 17.1. The molecule has 2 aromatic carbocycles. The van der Waals surface area contributed by atoms with Crippen LogP contribution >= 0.6 is 0 Å². The highest BCUT2D eigenvalue weighted by atomic mass is 16.5. The number of anilines is 1. The van der Waals surface area contributed by atoms with Crippen LogP contribution in [-0.4, -0.2) is 30.4 Å². The zero-order valence-electron chi connectivity index (χ0n) is 18.2. The summed E-state index contributed by atoms with van der Waals surface area (Å²) >= 11 is 0. The molecule has 1 fully saturated rings. The van der Waals surface area contributed by atoms with Gasteiger partial charge in [0.05, 0.1) is 6.61 Å². The minimum absolute atomic E-state index is 0.201. The largest absolute Gasteiger partial charge is 0.462 e. The van der Waals surface area contributed by atoms with E-state index in [0.717, 1.165) is 25.1 Å². The number of rotatable bonds is 5. The summed E-state index contributed by atoms with van der Waals surface area (Å²) in [6.07, 6.45) is 2.01. The molecule has 1 atom stereocenters. The Kier molecular flexibility index (Phi) is 7.82. The Bertz CT molecular complexity index is 782. The number of ether oxygens (including phenoxy) is 2. The van der Waals surface area contributed by atoms with Crippen LogP contribution in [0.25, 0.3) is 11.1 Å². The molecule has 3 rings (SSSR count). The molecular formula is C24H34N2O3. The minimum Gasteiger partial charge on any atom is -0.462 e. The third kappa shape index (κ3) is 7.87. The zero-order chi connectivity index (χ0) is 21.5. The molecule has 0 amide bonds. The lowest BCUT2D eigenvalue weighted by Gasteiger charge is -2.18. The van der Waals surface area contributed by atoms with Crippen molar-refractivity contribution in [2.75, 3.05) is 12.3 Å². The Morgan fingerprint density at radius 2 is 1.86 bits per heavy atom. The molecule has 0 aromatic heterocycles. The summed E-state index contributed by atoms with van der Waals surface area (Å²) in [5, 5.41) is 3.49. The van der Waals surface area contributed by atoms with Gasteiger partial charge >= 0.3 is 0 Å². The van der Waals surface area contributed by atoms with Crippen molar-refractivity contribution in [2.45, 2.75) is 64.8 Å². The molecule has 1 aliphatic heterocycles. The molecule has 0 saturated carbocycles. The van der Waals surface area contributed by atoms with Gasteiger partial charge in [0.1, 0.15) is 11.3 Å². The second-order valence-corrected chi connectivity index (χ2v) is 8.81. The Morgan fingerprint density at radius 3 is 2.34 bits per heavy atom. The fourth-order valence-corrected chi connectivity index (χ4v) is 3.15. The molecule has 1 saturated heterocycles. The van der Waals surface area contributed by atoms with E-state index in [-0.39, 0.29) is 11.3 Å². The lowest BCUT2D eigenvalue weighted by molar-refractivity contribution is -0.138. The molecule has 1 heterocycles. The van der Waals surface area contributed by atoms with E-state index in [2.05, 4.69) is 54.2 Å². The number of benzene rings is 2. The van der Waals surface area contributed by atoms with E-state index in [1.807, 2.05) is 39.0 Å². The minimum atomic E-state index is -0.318. The molecule has 0 aliphatic carbocycles. The molecule has 0 radical (unpaired) electrons. The average Bonchev–Trinajstić information content (AvgIpc) is 3.00. The van der Waals surface area contributed by atoms with Gasteiger partial charge in [-0.05, 0) is 70.2 Å². The standard InChI is InChI=1S/C19H24N2O.C5H10O2/c1-19(2)21-17(13-22-19)11-10-15-8-9-16(12-18(15)20)14-6-4-3-5-7-14;1-5(2,3)7-4-6/h3-9,12,17,21H,10-11,13,20H2,1-2H3;4H,1-3H3. The molecule has 5 heteroatoms. The predicted molar refractivity (Wildman–Crippen MR) is 118 cm³/mol. The van der Waals surface area contributed by atoms with Crippen molar-refractivity contribution in [2.24, 2.45) is 0 Å². The van der Waals surface area contributed by atoms with E-state index in [0.29, 0.717) is 12.5 Å². The van der Waals surface area contributed by atoms with Gasteiger partial charge in [-0.15, -0.1) is 0 Å². The van der Waals surface area contributed by atoms with Gasteiger partial charge < -0.3 is 15.2 Å². The number of carbonyl (C=O) groups is 1. The lowest BCUT2D eigenvalue weighted by atomic mass is 9.99. The predicted octanol–water partition coefficient (Wildman–Crippen LogP) is 4.55. The molecule has 5 nitrogen and oxygen atoms in total. The smallest absolute Gasteiger partial charge is 0.293 e. The number of hydrogen-bond acceptors (Lipinski definition) is 5. The number of nitrogens with one attached hydrogen (secondary N) is 1. The number of carbonyl (C=O) groups excluding carboxylic acids is 1. The fourth-order valence-electron chi connectivity index (χ4n) is 3.15. The van der Waals surface area contributed by atoms with Crippen LogP contribution in [0.15, 0.2) is 48.5 Å². The summed E-state index contributed by atoms with van der Waals surface area (Å²) in [6.45, 7) is 10.8. The normalized spacial score (nSPS) is 17.9. The van der Waals surface area contributed by atoms with Crippen molar-refractivity contribution in [1.82, 2.24) is 5.32 Å². The van der Waals surface area contributed by atoms with Crippen molar-refractivity contribution in [3.05, 3.63) is 54.1 Å². The van der Waals surface area contributed by atoms with E-state index in [4.69, 9.17) is 10.5 Å². The first-order valence-electron chi connectivity index (χ1n) is 10.1. The van der Waals surface area contributed by atoms with E-state index in [9.17, 15) is 4.79 Å². The van der Waals surface area contributed by atoms with E-state index in [1.54, 1.807) is 0 Å². The topological polar surface area (TPSA) is 73.6 Å². The summed E-state index contributed by atoms with van der Waals surface area (Å²) in [5.41, 5.74) is 10.2. The molecule has 29 heavy (non-hydrogen) atoms. The van der Waals surface area contributed by atoms with Gasteiger partial charge in [0.15, 0.2) is 0 Å². The third-order valence-electron chi connectivity index (χ3n) is 4.61.